The van der Waals surface area contributed by atoms with Gasteiger partial charge in [-0.3, -0.25) is 0 Å². The van der Waals surface area contributed by atoms with Crippen LogP contribution in [0.1, 0.15) is 24.2 Å². The molecule has 0 radical (unpaired) electrons. The van der Waals surface area contributed by atoms with Gasteiger partial charge in [0.1, 0.15) is 17.5 Å². The van der Waals surface area contributed by atoms with Crippen LogP contribution in [0, 0.1) is 13.8 Å². The van der Waals surface area contributed by atoms with Crippen molar-refractivity contribution in [3.8, 4) is 0 Å². The molecule has 6 nitrogen and oxygen atoms in total. The molecule has 0 atom stereocenters. The number of anilines is 2. The highest BCUT2D eigenvalue weighted by Gasteiger charge is 2.07. The zero-order valence-corrected chi connectivity index (χ0v) is 13.0. The van der Waals surface area contributed by atoms with Gasteiger partial charge in [0.05, 0.1) is 13.2 Å². The summed E-state index contributed by atoms with van der Waals surface area (Å²) in [6.07, 6.45) is 2.07. The third-order valence-electron chi connectivity index (χ3n) is 2.93. The number of ether oxygens (including phenoxy) is 2. The number of hydrogen-bond acceptors (Lipinski definition) is 6. The highest BCUT2D eigenvalue weighted by atomic mass is 16.5. The number of rotatable bonds is 10. The van der Waals surface area contributed by atoms with E-state index in [4.69, 9.17) is 9.47 Å². The van der Waals surface area contributed by atoms with E-state index in [9.17, 15) is 0 Å². The van der Waals surface area contributed by atoms with E-state index < -0.39 is 0 Å². The van der Waals surface area contributed by atoms with Crippen LogP contribution in [0.5, 0.6) is 0 Å². The maximum atomic E-state index is 5.42. The molecule has 0 aromatic carbocycles. The number of nitrogens with one attached hydrogen (secondary N) is 2. The molecule has 1 aromatic heterocycles. The molecule has 0 fully saturated rings. The molecule has 0 saturated carbocycles. The van der Waals surface area contributed by atoms with Crippen LogP contribution in [0.4, 0.5) is 11.6 Å². The van der Waals surface area contributed by atoms with Gasteiger partial charge in [-0.25, -0.2) is 9.97 Å². The Morgan fingerprint density at radius 2 is 1.75 bits per heavy atom. The number of aromatic nitrogens is 2. The average Bonchev–Trinajstić information content (AvgIpc) is 2.44. The van der Waals surface area contributed by atoms with Gasteiger partial charge in [-0.1, -0.05) is 0 Å². The molecule has 1 heterocycles. The van der Waals surface area contributed by atoms with Crippen molar-refractivity contribution in [3.63, 3.8) is 0 Å². The van der Waals surface area contributed by atoms with E-state index in [1.807, 2.05) is 20.9 Å². The Hall–Kier alpha value is -1.40. The molecular weight excluding hydrogens is 256 g/mol. The summed E-state index contributed by atoms with van der Waals surface area (Å²) in [7, 11) is 3.55. The van der Waals surface area contributed by atoms with Crippen LogP contribution in [0.15, 0.2) is 0 Å². The second kappa shape index (κ2) is 9.50. The van der Waals surface area contributed by atoms with Crippen LogP contribution in [-0.4, -0.2) is 50.5 Å². The first-order valence-electron chi connectivity index (χ1n) is 7.02. The van der Waals surface area contributed by atoms with Gasteiger partial charge in [0, 0.05) is 32.9 Å². The van der Waals surface area contributed by atoms with Gasteiger partial charge >= 0.3 is 0 Å². The first-order valence-corrected chi connectivity index (χ1v) is 7.02. The van der Waals surface area contributed by atoms with E-state index in [1.165, 1.54) is 0 Å². The molecule has 20 heavy (non-hydrogen) atoms. The predicted molar refractivity (Wildman–Crippen MR) is 81.5 cm³/mol. The van der Waals surface area contributed by atoms with Gasteiger partial charge in [-0.15, -0.1) is 0 Å². The molecule has 2 N–H and O–H groups in total. The van der Waals surface area contributed by atoms with Crippen molar-refractivity contribution in [2.45, 2.75) is 26.7 Å². The molecular formula is C14H26N4O2. The number of unbranched alkanes of at least 4 members (excludes halogenated alkanes) is 1. The summed E-state index contributed by atoms with van der Waals surface area (Å²) >= 11 is 0. The minimum absolute atomic E-state index is 0.657. The summed E-state index contributed by atoms with van der Waals surface area (Å²) in [4.78, 5) is 8.77. The second-order valence-electron chi connectivity index (χ2n) is 4.58. The molecule has 0 aliphatic carbocycles. The van der Waals surface area contributed by atoms with E-state index in [2.05, 4.69) is 20.6 Å². The number of aryl methyl sites for hydroxylation is 1. The van der Waals surface area contributed by atoms with Crippen molar-refractivity contribution in [1.82, 2.24) is 9.97 Å². The van der Waals surface area contributed by atoms with E-state index in [0.29, 0.717) is 13.2 Å². The maximum absolute atomic E-state index is 5.42. The number of hydrogen-bond donors (Lipinski definition) is 2. The predicted octanol–water partition coefficient (Wildman–Crippen LogP) is 1.99. The van der Waals surface area contributed by atoms with Crippen molar-refractivity contribution >= 4 is 11.6 Å². The molecule has 6 heteroatoms. The Bertz CT molecular complexity index is 399. The van der Waals surface area contributed by atoms with E-state index in [-0.39, 0.29) is 0 Å². The van der Waals surface area contributed by atoms with Crippen LogP contribution >= 0.6 is 0 Å². The van der Waals surface area contributed by atoms with Gasteiger partial charge in [0.15, 0.2) is 0 Å². The molecule has 114 valence electrons. The molecule has 0 aliphatic rings. The molecule has 0 amide bonds. The van der Waals surface area contributed by atoms with Gasteiger partial charge in [-0.2, -0.15) is 0 Å². The summed E-state index contributed by atoms with van der Waals surface area (Å²) in [6.45, 7) is 6.89. The smallest absolute Gasteiger partial charge is 0.134 e. The molecule has 0 unspecified atom stereocenters. The Morgan fingerprint density at radius 3 is 2.45 bits per heavy atom. The average molecular weight is 282 g/mol. The van der Waals surface area contributed by atoms with Crippen LogP contribution in [0.25, 0.3) is 0 Å². The van der Waals surface area contributed by atoms with Crippen LogP contribution in [0.3, 0.4) is 0 Å². The zero-order valence-electron chi connectivity index (χ0n) is 13.0. The van der Waals surface area contributed by atoms with Gasteiger partial charge in [-0.05, 0) is 26.7 Å². The normalized spacial score (nSPS) is 10.6. The minimum Gasteiger partial charge on any atom is -0.382 e. The third-order valence-corrected chi connectivity index (χ3v) is 2.93. The van der Waals surface area contributed by atoms with Gasteiger partial charge < -0.3 is 20.1 Å². The monoisotopic (exact) mass is 282 g/mol. The lowest BCUT2D eigenvalue weighted by Crippen LogP contribution is -2.10. The van der Waals surface area contributed by atoms with Crippen LogP contribution < -0.4 is 10.6 Å². The number of methoxy groups -OCH3 is 1. The summed E-state index contributed by atoms with van der Waals surface area (Å²) < 4.78 is 10.3. The fourth-order valence-corrected chi connectivity index (χ4v) is 1.82. The quantitative estimate of drug-likeness (QED) is 0.640. The van der Waals surface area contributed by atoms with E-state index >= 15 is 0 Å². The second-order valence-corrected chi connectivity index (χ2v) is 4.58. The van der Waals surface area contributed by atoms with Gasteiger partial charge in [0.25, 0.3) is 0 Å². The van der Waals surface area contributed by atoms with E-state index in [1.54, 1.807) is 7.11 Å². The van der Waals surface area contributed by atoms with Crippen molar-refractivity contribution < 1.29 is 9.47 Å². The van der Waals surface area contributed by atoms with Crippen molar-refractivity contribution in [2.24, 2.45) is 0 Å². The molecule has 0 saturated heterocycles. The SMILES string of the molecule is CNc1nc(C)nc(NCCCCOCCOC)c1C. The fraction of sp³-hybridized carbons (Fsp3) is 0.714. The summed E-state index contributed by atoms with van der Waals surface area (Å²) in [6, 6.07) is 0. The lowest BCUT2D eigenvalue weighted by molar-refractivity contribution is 0.0691. The lowest BCUT2D eigenvalue weighted by atomic mass is 10.2. The highest BCUT2D eigenvalue weighted by molar-refractivity contribution is 5.56. The highest BCUT2D eigenvalue weighted by Crippen LogP contribution is 2.19. The zero-order chi connectivity index (χ0) is 14.8. The minimum atomic E-state index is 0.657. The Balaban J connectivity index is 2.27. The summed E-state index contributed by atoms with van der Waals surface area (Å²) in [5.74, 6) is 2.55. The van der Waals surface area contributed by atoms with Gasteiger partial charge in [0.2, 0.25) is 0 Å². The maximum Gasteiger partial charge on any atom is 0.134 e. The Morgan fingerprint density at radius 1 is 1.00 bits per heavy atom. The summed E-state index contributed by atoms with van der Waals surface area (Å²) in [5.41, 5.74) is 1.05. The Kier molecular flexibility index (Phi) is 7.91. The molecule has 0 bridgehead atoms. The number of nitrogens with zero attached hydrogens (tertiary/aromatic N) is 2. The molecule has 1 aromatic rings. The summed E-state index contributed by atoms with van der Waals surface area (Å²) in [5, 5.41) is 6.44. The lowest BCUT2D eigenvalue weighted by Gasteiger charge is -2.12. The first kappa shape index (κ1) is 16.7. The largest absolute Gasteiger partial charge is 0.382 e. The molecule has 0 spiro atoms. The van der Waals surface area contributed by atoms with Crippen molar-refractivity contribution in [2.75, 3.05) is 51.2 Å². The fourth-order valence-electron chi connectivity index (χ4n) is 1.82. The first-order chi connectivity index (χ1) is 9.69. The molecule has 0 aliphatic heterocycles. The topological polar surface area (TPSA) is 68.3 Å². The van der Waals surface area contributed by atoms with E-state index in [0.717, 1.165) is 49.0 Å². The molecule has 1 rings (SSSR count). The van der Waals surface area contributed by atoms with Crippen molar-refractivity contribution in [3.05, 3.63) is 11.4 Å². The Labute approximate surface area is 121 Å². The van der Waals surface area contributed by atoms with Crippen molar-refractivity contribution in [1.29, 1.82) is 0 Å². The van der Waals surface area contributed by atoms with Crippen LogP contribution in [-0.2, 0) is 9.47 Å². The third kappa shape index (κ3) is 5.71. The standard InChI is InChI=1S/C14H26N4O2/c1-11-13(15-3)17-12(2)18-14(11)16-7-5-6-8-20-10-9-19-4/h5-10H2,1-4H3,(H2,15,16,17,18). The van der Waals surface area contributed by atoms with Crippen LogP contribution in [0.2, 0.25) is 0 Å².